The van der Waals surface area contributed by atoms with Crippen LogP contribution in [-0.2, 0) is 18.4 Å². The molecule has 0 fully saturated rings. The number of hydrogen-bond acceptors (Lipinski definition) is 5. The third kappa shape index (κ3) is 34.9. The Morgan fingerprint density at radius 2 is 1.16 bits per heavy atom. The molecule has 3 atom stereocenters. The highest BCUT2D eigenvalue weighted by atomic mass is 31.2. The third-order valence-corrected chi connectivity index (χ3v) is 9.60. The first kappa shape index (κ1) is 47.7. The average Bonchev–Trinajstić information content (AvgIpc) is 3.04. The van der Waals surface area contributed by atoms with E-state index in [1.54, 1.807) is 0 Å². The van der Waals surface area contributed by atoms with Gasteiger partial charge in [-0.25, -0.2) is 4.57 Å². The van der Waals surface area contributed by atoms with Crippen molar-refractivity contribution in [2.45, 2.75) is 174 Å². The van der Waals surface area contributed by atoms with Gasteiger partial charge in [0.15, 0.2) is 0 Å². The molecule has 0 rings (SSSR count). The predicted molar refractivity (Wildman–Crippen MR) is 208 cm³/mol. The molecule has 0 aromatic heterocycles. The number of allylic oxidation sites excluding steroid dienone is 6. The Morgan fingerprint density at radius 3 is 1.73 bits per heavy atom. The van der Waals surface area contributed by atoms with Crippen LogP contribution in [0.5, 0.6) is 0 Å². The number of aliphatic hydroxyl groups excluding tert-OH is 1. The summed E-state index contributed by atoms with van der Waals surface area (Å²) in [7, 11) is 1.58. The van der Waals surface area contributed by atoms with E-state index in [0.29, 0.717) is 23.9 Å². The van der Waals surface area contributed by atoms with Crippen molar-refractivity contribution in [1.82, 2.24) is 5.32 Å². The molecule has 0 saturated carbocycles. The number of amides is 1. The molecular formula is C40H78N2O6P+. The monoisotopic (exact) mass is 714 g/mol. The Bertz CT molecular complexity index is 902. The summed E-state index contributed by atoms with van der Waals surface area (Å²) in [6.07, 6.45) is 37.4. The van der Waals surface area contributed by atoms with E-state index in [1.807, 2.05) is 21.1 Å². The van der Waals surface area contributed by atoms with Crippen molar-refractivity contribution in [2.75, 3.05) is 40.9 Å². The van der Waals surface area contributed by atoms with Crippen molar-refractivity contribution in [1.29, 1.82) is 0 Å². The summed E-state index contributed by atoms with van der Waals surface area (Å²) >= 11 is 0. The summed E-state index contributed by atoms with van der Waals surface area (Å²) in [6.45, 7) is 4.79. The molecule has 1 unspecified atom stereocenters. The second kappa shape index (κ2) is 32.6. The van der Waals surface area contributed by atoms with Gasteiger partial charge in [0.2, 0.25) is 5.91 Å². The van der Waals surface area contributed by atoms with Crippen molar-refractivity contribution >= 4 is 13.7 Å². The van der Waals surface area contributed by atoms with E-state index >= 15 is 0 Å². The van der Waals surface area contributed by atoms with Gasteiger partial charge in [-0.1, -0.05) is 121 Å². The fourth-order valence-corrected chi connectivity index (χ4v) is 6.10. The van der Waals surface area contributed by atoms with Gasteiger partial charge in [-0.15, -0.1) is 0 Å². The largest absolute Gasteiger partial charge is 0.472 e. The Kier molecular flexibility index (Phi) is 31.8. The number of hydrogen-bond donors (Lipinski definition) is 3. The van der Waals surface area contributed by atoms with Gasteiger partial charge in [0.05, 0.1) is 39.9 Å². The molecule has 0 saturated heterocycles. The number of rotatable bonds is 35. The minimum Gasteiger partial charge on any atom is -0.391 e. The number of phosphoric ester groups is 1. The van der Waals surface area contributed by atoms with Gasteiger partial charge in [-0.3, -0.25) is 13.8 Å². The summed E-state index contributed by atoms with van der Waals surface area (Å²) in [6, 6.07) is -0.781. The van der Waals surface area contributed by atoms with Crippen molar-refractivity contribution in [3.8, 4) is 0 Å². The smallest absolute Gasteiger partial charge is 0.391 e. The molecule has 0 aromatic carbocycles. The zero-order valence-corrected chi connectivity index (χ0v) is 33.3. The maximum atomic E-state index is 12.8. The number of carbonyl (C=O) groups excluding carboxylic acids is 1. The molecule has 0 aliphatic carbocycles. The number of phosphoric acid groups is 1. The van der Waals surface area contributed by atoms with Gasteiger partial charge in [0.25, 0.3) is 0 Å². The van der Waals surface area contributed by atoms with Gasteiger partial charge >= 0.3 is 7.82 Å². The molecule has 1 amide bonds. The van der Waals surface area contributed by atoms with Crippen molar-refractivity contribution in [3.05, 3.63) is 36.5 Å². The van der Waals surface area contributed by atoms with Crippen LogP contribution >= 0.6 is 7.82 Å². The highest BCUT2D eigenvalue weighted by Crippen LogP contribution is 2.43. The van der Waals surface area contributed by atoms with Crippen molar-refractivity contribution < 1.29 is 32.9 Å². The molecule has 0 bridgehead atoms. The van der Waals surface area contributed by atoms with Crippen LogP contribution in [0.3, 0.4) is 0 Å². The number of unbranched alkanes of at least 4 members (excludes halogenated alkanes) is 16. The summed E-state index contributed by atoms with van der Waals surface area (Å²) in [5.74, 6) is -0.172. The molecule has 0 aliphatic heterocycles. The summed E-state index contributed by atoms with van der Waals surface area (Å²) < 4.78 is 23.5. The lowest BCUT2D eigenvalue weighted by Crippen LogP contribution is -2.46. The highest BCUT2D eigenvalue weighted by molar-refractivity contribution is 7.47. The molecule has 0 radical (unpaired) electrons. The van der Waals surface area contributed by atoms with E-state index in [9.17, 15) is 19.4 Å². The van der Waals surface area contributed by atoms with Crippen LogP contribution in [0.25, 0.3) is 0 Å². The van der Waals surface area contributed by atoms with Gasteiger partial charge in [-0.05, 0) is 70.6 Å². The first-order valence-electron chi connectivity index (χ1n) is 19.9. The van der Waals surface area contributed by atoms with Crippen molar-refractivity contribution in [3.63, 3.8) is 0 Å². The molecule has 288 valence electrons. The number of likely N-dealkylation sites (N-methyl/N-ethyl adjacent to an activating group) is 1. The second-order valence-electron chi connectivity index (χ2n) is 14.6. The number of carbonyl (C=O) groups is 1. The van der Waals surface area contributed by atoms with Crippen LogP contribution < -0.4 is 5.32 Å². The molecule has 3 N–H and O–H groups in total. The van der Waals surface area contributed by atoms with Crippen LogP contribution in [0.1, 0.15) is 162 Å². The van der Waals surface area contributed by atoms with Crippen LogP contribution in [0, 0.1) is 0 Å². The van der Waals surface area contributed by atoms with E-state index in [2.05, 4.69) is 55.6 Å². The fraction of sp³-hybridized carbons (Fsp3) is 0.825. The molecule has 9 heteroatoms. The lowest BCUT2D eigenvalue weighted by atomic mass is 10.0. The first-order chi connectivity index (χ1) is 23.5. The standard InChI is InChI=1S/C40H77N2O6P/c1-6-8-10-12-14-16-18-20-21-22-24-26-28-30-32-34-40(44)41-38(37-48-49(45,46)47-36-35-42(3,4)5)39(43)33-31-29-27-25-23-19-17-15-13-11-9-7-2/h14,16,20-21,23,25,38-39,43H,6-13,15,17-19,22,24,26-37H2,1-5H3,(H-,41,44,45,46)/p+1/b16-14+,21-20+,25-23+/t38-,39+/m0/s1. The van der Waals surface area contributed by atoms with Crippen LogP contribution in [-0.4, -0.2) is 73.4 Å². The maximum absolute atomic E-state index is 12.8. The molecule has 49 heavy (non-hydrogen) atoms. The van der Waals surface area contributed by atoms with Crippen molar-refractivity contribution in [2.24, 2.45) is 0 Å². The number of nitrogens with zero attached hydrogens (tertiary/aromatic N) is 1. The zero-order chi connectivity index (χ0) is 36.5. The lowest BCUT2D eigenvalue weighted by Gasteiger charge is -2.26. The van der Waals surface area contributed by atoms with Crippen LogP contribution in [0.4, 0.5) is 0 Å². The Morgan fingerprint density at radius 1 is 0.694 bits per heavy atom. The minimum atomic E-state index is -4.32. The van der Waals surface area contributed by atoms with Gasteiger partial charge in [0.1, 0.15) is 13.2 Å². The van der Waals surface area contributed by atoms with Crippen LogP contribution in [0.15, 0.2) is 36.5 Å². The van der Waals surface area contributed by atoms with Crippen LogP contribution in [0.2, 0.25) is 0 Å². The maximum Gasteiger partial charge on any atom is 0.472 e. The average molecular weight is 714 g/mol. The van der Waals surface area contributed by atoms with E-state index in [4.69, 9.17) is 9.05 Å². The van der Waals surface area contributed by atoms with Gasteiger partial charge in [0, 0.05) is 6.42 Å². The Balaban J connectivity index is 4.52. The van der Waals surface area contributed by atoms with E-state index in [1.165, 1.54) is 64.2 Å². The topological polar surface area (TPSA) is 105 Å². The van der Waals surface area contributed by atoms with Gasteiger partial charge < -0.3 is 19.8 Å². The molecule has 0 heterocycles. The normalized spacial score (nSPS) is 15.0. The Labute approximate surface area is 302 Å². The highest BCUT2D eigenvalue weighted by Gasteiger charge is 2.28. The summed E-state index contributed by atoms with van der Waals surface area (Å²) in [5, 5.41) is 13.8. The molecular weight excluding hydrogens is 635 g/mol. The zero-order valence-electron chi connectivity index (χ0n) is 32.4. The Hall–Kier alpha value is -1.28. The molecule has 0 spiro atoms. The lowest BCUT2D eigenvalue weighted by molar-refractivity contribution is -0.870. The molecule has 0 aromatic rings. The molecule has 8 nitrogen and oxygen atoms in total. The SMILES string of the molecule is CCCCC/C=C/C/C=C/CCCCCCCC(=O)N[C@@H](COP(=O)(O)OCC[N+](C)(C)C)[C@H](O)CCCC/C=C/CCCCCCCC. The number of nitrogens with one attached hydrogen (secondary N) is 1. The second-order valence-corrected chi connectivity index (χ2v) is 16.1. The minimum absolute atomic E-state index is 0.0655. The fourth-order valence-electron chi connectivity index (χ4n) is 5.36. The number of quaternary nitrogens is 1. The van der Waals surface area contributed by atoms with E-state index < -0.39 is 20.0 Å². The van der Waals surface area contributed by atoms with E-state index in [-0.39, 0.29) is 19.1 Å². The predicted octanol–water partition coefficient (Wildman–Crippen LogP) is 10.4. The summed E-state index contributed by atoms with van der Waals surface area (Å²) in [5.41, 5.74) is 0. The summed E-state index contributed by atoms with van der Waals surface area (Å²) in [4.78, 5) is 23.0. The van der Waals surface area contributed by atoms with Gasteiger partial charge in [-0.2, -0.15) is 0 Å². The third-order valence-electron chi connectivity index (χ3n) is 8.61. The quantitative estimate of drug-likeness (QED) is 0.0261. The van der Waals surface area contributed by atoms with E-state index in [0.717, 1.165) is 70.6 Å². The first-order valence-corrected chi connectivity index (χ1v) is 21.3. The number of aliphatic hydroxyl groups is 1. The molecule has 0 aliphatic rings.